The van der Waals surface area contributed by atoms with Gasteiger partial charge in [-0.2, -0.15) is 0 Å². The molecule has 0 aliphatic carbocycles. The number of Topliss-reactive ketones (excluding diaryl/α,β-unsaturated/α-hetero) is 2. The van der Waals surface area contributed by atoms with Crippen molar-refractivity contribution in [3.8, 4) is 45.6 Å². The molecule has 0 aliphatic rings. The van der Waals surface area contributed by atoms with Gasteiger partial charge in [-0.1, -0.05) is 20.3 Å². The molecule has 6 N–H and O–H groups in total. The van der Waals surface area contributed by atoms with E-state index >= 15 is 0 Å². The molecule has 0 amide bonds. The topological polar surface area (TPSA) is 156 Å². The number of phenolic OH excluding ortho intramolecular Hbond substituents is 6. The Labute approximate surface area is 225 Å². The SMILES string of the molecule is CCCCC(=O)c1c(O)c(O)cc2c(O)c(-c3c(C)cc4c(C(=O)CCC)c(O)c(O)cc4c3O)c(C)cc12. The maximum atomic E-state index is 13.0. The average molecular weight is 533 g/mol. The summed E-state index contributed by atoms with van der Waals surface area (Å²) in [5.74, 6) is -3.66. The van der Waals surface area contributed by atoms with Crippen LogP contribution in [-0.2, 0) is 0 Å². The average Bonchev–Trinajstić information content (AvgIpc) is 2.87. The molecule has 0 aliphatic heterocycles. The van der Waals surface area contributed by atoms with Gasteiger partial charge in [-0.05, 0) is 62.1 Å². The van der Waals surface area contributed by atoms with Crippen molar-refractivity contribution >= 4 is 33.1 Å². The fourth-order valence-corrected chi connectivity index (χ4v) is 5.27. The van der Waals surface area contributed by atoms with Gasteiger partial charge in [-0.25, -0.2) is 0 Å². The van der Waals surface area contributed by atoms with Crippen LogP contribution in [-0.4, -0.2) is 42.2 Å². The van der Waals surface area contributed by atoms with Crippen LogP contribution < -0.4 is 0 Å². The highest BCUT2D eigenvalue weighted by atomic mass is 16.3. The zero-order chi connectivity index (χ0) is 28.8. The molecule has 4 aromatic carbocycles. The lowest BCUT2D eigenvalue weighted by Gasteiger charge is -2.20. The van der Waals surface area contributed by atoms with Crippen molar-refractivity contribution < 1.29 is 40.2 Å². The van der Waals surface area contributed by atoms with E-state index in [1.165, 1.54) is 6.07 Å². The van der Waals surface area contributed by atoms with Crippen LogP contribution in [0.3, 0.4) is 0 Å². The number of aromatic hydroxyl groups is 6. The minimum Gasteiger partial charge on any atom is -0.507 e. The number of hydrogen-bond acceptors (Lipinski definition) is 8. The Bertz CT molecular complexity index is 1670. The van der Waals surface area contributed by atoms with Gasteiger partial charge in [0.1, 0.15) is 11.5 Å². The normalized spacial score (nSPS) is 11.4. The first kappa shape index (κ1) is 27.6. The summed E-state index contributed by atoms with van der Waals surface area (Å²) < 4.78 is 0. The molecule has 0 unspecified atom stereocenters. The van der Waals surface area contributed by atoms with Gasteiger partial charge in [0.15, 0.2) is 34.6 Å². The second-order valence-corrected chi connectivity index (χ2v) is 9.96. The van der Waals surface area contributed by atoms with Gasteiger partial charge in [0, 0.05) is 45.5 Å². The summed E-state index contributed by atoms with van der Waals surface area (Å²) in [6, 6.07) is 5.53. The standard InChI is InChI=1S/C31H32O8/c1-5-7-9-21(33)27-17-11-15(4)25(29(37)19(17)13-23(35)31(27)39)24-14(3)10-16-18(28(24)36)12-22(34)30(38)26(16)20(32)8-6-2/h10-13,34-39H,5-9H2,1-4H3. The van der Waals surface area contributed by atoms with E-state index in [9.17, 15) is 40.2 Å². The molecule has 0 heterocycles. The molecule has 0 atom stereocenters. The number of rotatable bonds is 8. The quantitative estimate of drug-likeness (QED) is 0.106. The van der Waals surface area contributed by atoms with Gasteiger partial charge in [0.2, 0.25) is 0 Å². The van der Waals surface area contributed by atoms with Crippen molar-refractivity contribution in [2.75, 3.05) is 0 Å². The maximum Gasteiger partial charge on any atom is 0.169 e. The number of carbonyl (C=O) groups excluding carboxylic acids is 2. The van der Waals surface area contributed by atoms with Gasteiger partial charge in [0.05, 0.1) is 11.1 Å². The highest BCUT2D eigenvalue weighted by molar-refractivity contribution is 6.16. The molecule has 4 aromatic rings. The summed E-state index contributed by atoms with van der Waals surface area (Å²) in [6.45, 7) is 7.08. The van der Waals surface area contributed by atoms with Gasteiger partial charge in [-0.3, -0.25) is 9.59 Å². The van der Waals surface area contributed by atoms with Crippen molar-refractivity contribution in [1.29, 1.82) is 0 Å². The number of carbonyl (C=O) groups is 2. The Balaban J connectivity index is 2.07. The number of ketones is 2. The molecule has 0 spiro atoms. The zero-order valence-electron chi connectivity index (χ0n) is 22.3. The van der Waals surface area contributed by atoms with Crippen LogP contribution in [0.4, 0.5) is 0 Å². The van der Waals surface area contributed by atoms with E-state index in [0.29, 0.717) is 24.0 Å². The number of benzene rings is 4. The molecule has 0 saturated heterocycles. The highest BCUT2D eigenvalue weighted by Crippen LogP contribution is 2.51. The van der Waals surface area contributed by atoms with Crippen LogP contribution >= 0.6 is 0 Å². The second kappa shape index (κ2) is 10.4. The molecule has 4 rings (SSSR count). The summed E-state index contributed by atoms with van der Waals surface area (Å²) in [5, 5.41) is 65.4. The van der Waals surface area contributed by atoms with Crippen molar-refractivity contribution in [3.05, 3.63) is 46.5 Å². The Morgan fingerprint density at radius 2 is 0.974 bits per heavy atom. The minimum atomic E-state index is -0.567. The van der Waals surface area contributed by atoms with Gasteiger partial charge >= 0.3 is 0 Å². The number of phenols is 6. The third-order valence-corrected chi connectivity index (χ3v) is 7.18. The van der Waals surface area contributed by atoms with E-state index in [0.717, 1.165) is 12.5 Å². The summed E-state index contributed by atoms with van der Waals surface area (Å²) in [5.41, 5.74) is 1.19. The van der Waals surface area contributed by atoms with Crippen LogP contribution in [0.2, 0.25) is 0 Å². The Kier molecular flexibility index (Phi) is 7.33. The molecule has 0 saturated carbocycles. The van der Waals surface area contributed by atoms with Crippen LogP contribution in [0.25, 0.3) is 32.7 Å². The summed E-state index contributed by atoms with van der Waals surface area (Å²) in [7, 11) is 0. The molecule has 0 fully saturated rings. The smallest absolute Gasteiger partial charge is 0.169 e. The Morgan fingerprint density at radius 1 is 0.564 bits per heavy atom. The molecular weight excluding hydrogens is 500 g/mol. The van der Waals surface area contributed by atoms with Crippen LogP contribution in [0.15, 0.2) is 24.3 Å². The van der Waals surface area contributed by atoms with Gasteiger partial charge in [-0.15, -0.1) is 0 Å². The summed E-state index contributed by atoms with van der Waals surface area (Å²) in [4.78, 5) is 25.8. The first-order valence-electron chi connectivity index (χ1n) is 12.9. The Hall–Kier alpha value is -4.46. The molecule has 0 radical (unpaired) electrons. The predicted octanol–water partition coefficient (Wildman–Crippen LogP) is 6.87. The zero-order valence-corrected chi connectivity index (χ0v) is 22.3. The Morgan fingerprint density at radius 3 is 1.36 bits per heavy atom. The monoisotopic (exact) mass is 532 g/mol. The van der Waals surface area contributed by atoms with Crippen molar-refractivity contribution in [1.82, 2.24) is 0 Å². The second-order valence-electron chi connectivity index (χ2n) is 9.96. The fourth-order valence-electron chi connectivity index (χ4n) is 5.27. The summed E-state index contributed by atoms with van der Waals surface area (Å²) in [6.07, 6.45) is 2.16. The molecular formula is C31H32O8. The molecule has 0 aromatic heterocycles. The summed E-state index contributed by atoms with van der Waals surface area (Å²) >= 11 is 0. The van der Waals surface area contributed by atoms with E-state index < -0.39 is 23.0 Å². The van der Waals surface area contributed by atoms with E-state index in [1.54, 1.807) is 26.0 Å². The number of hydrogen-bond donors (Lipinski definition) is 6. The molecule has 39 heavy (non-hydrogen) atoms. The lowest BCUT2D eigenvalue weighted by atomic mass is 9.86. The predicted molar refractivity (Wildman–Crippen MR) is 149 cm³/mol. The molecule has 8 nitrogen and oxygen atoms in total. The van der Waals surface area contributed by atoms with Crippen LogP contribution in [0.5, 0.6) is 34.5 Å². The largest absolute Gasteiger partial charge is 0.507 e. The van der Waals surface area contributed by atoms with Crippen molar-refractivity contribution in [3.63, 3.8) is 0 Å². The van der Waals surface area contributed by atoms with Gasteiger partial charge in [0.25, 0.3) is 0 Å². The first-order chi connectivity index (χ1) is 18.4. The van der Waals surface area contributed by atoms with E-state index in [1.807, 2.05) is 13.8 Å². The van der Waals surface area contributed by atoms with E-state index in [2.05, 4.69) is 0 Å². The first-order valence-corrected chi connectivity index (χ1v) is 12.9. The van der Waals surface area contributed by atoms with Crippen molar-refractivity contribution in [2.24, 2.45) is 0 Å². The van der Waals surface area contributed by atoms with Crippen molar-refractivity contribution in [2.45, 2.75) is 59.8 Å². The minimum absolute atomic E-state index is 0.0812. The molecule has 0 bridgehead atoms. The highest BCUT2D eigenvalue weighted by Gasteiger charge is 2.27. The number of fused-ring (bicyclic) bond motifs is 2. The van der Waals surface area contributed by atoms with Crippen LogP contribution in [0, 0.1) is 13.8 Å². The van der Waals surface area contributed by atoms with E-state index in [-0.39, 0.29) is 79.7 Å². The number of aryl methyl sites for hydroxylation is 2. The third-order valence-electron chi connectivity index (χ3n) is 7.18. The third kappa shape index (κ3) is 4.46. The molecule has 204 valence electrons. The fraction of sp³-hybridized carbons (Fsp3) is 0.290. The van der Waals surface area contributed by atoms with Crippen LogP contribution in [0.1, 0.15) is 77.8 Å². The lowest BCUT2D eigenvalue weighted by Crippen LogP contribution is -2.03. The number of unbranched alkanes of at least 4 members (excludes halogenated alkanes) is 1. The van der Waals surface area contributed by atoms with E-state index in [4.69, 9.17) is 0 Å². The molecule has 8 heteroatoms. The maximum absolute atomic E-state index is 13.0. The lowest BCUT2D eigenvalue weighted by molar-refractivity contribution is 0.0971. The van der Waals surface area contributed by atoms with Gasteiger partial charge < -0.3 is 30.6 Å².